The van der Waals surface area contributed by atoms with Crippen molar-refractivity contribution in [3.05, 3.63) is 23.0 Å². The van der Waals surface area contributed by atoms with Crippen LogP contribution >= 0.6 is 11.6 Å². The number of halogens is 2. The maximum absolute atomic E-state index is 13.2. The van der Waals surface area contributed by atoms with Gasteiger partial charge in [0.05, 0.1) is 16.4 Å². The van der Waals surface area contributed by atoms with Crippen molar-refractivity contribution in [2.75, 3.05) is 17.6 Å². The van der Waals surface area contributed by atoms with Crippen LogP contribution in [-0.4, -0.2) is 6.54 Å². The van der Waals surface area contributed by atoms with E-state index < -0.39 is 5.82 Å². The van der Waals surface area contributed by atoms with E-state index in [4.69, 9.17) is 17.3 Å². The van der Waals surface area contributed by atoms with Gasteiger partial charge in [-0.15, -0.1) is 0 Å². The van der Waals surface area contributed by atoms with Crippen molar-refractivity contribution < 1.29 is 4.39 Å². The SMILES string of the molecule is CC(CNc1cc(F)c(Cl)cc1N)C1CC1. The maximum Gasteiger partial charge on any atom is 0.143 e. The normalized spacial score (nSPS) is 17.2. The van der Waals surface area contributed by atoms with Crippen molar-refractivity contribution in [2.45, 2.75) is 19.8 Å². The van der Waals surface area contributed by atoms with Crippen LogP contribution in [0.25, 0.3) is 0 Å². The Labute approximate surface area is 100.0 Å². The zero-order valence-electron chi connectivity index (χ0n) is 9.26. The summed E-state index contributed by atoms with van der Waals surface area (Å²) in [6.07, 6.45) is 2.63. The van der Waals surface area contributed by atoms with E-state index in [1.165, 1.54) is 25.0 Å². The molecule has 1 fully saturated rings. The van der Waals surface area contributed by atoms with E-state index in [1.807, 2.05) is 0 Å². The van der Waals surface area contributed by atoms with E-state index in [-0.39, 0.29) is 5.02 Å². The van der Waals surface area contributed by atoms with Gasteiger partial charge in [0, 0.05) is 12.6 Å². The van der Waals surface area contributed by atoms with Crippen molar-refractivity contribution in [3.63, 3.8) is 0 Å². The van der Waals surface area contributed by atoms with Gasteiger partial charge in [0.1, 0.15) is 5.82 Å². The van der Waals surface area contributed by atoms with Crippen LogP contribution in [0.3, 0.4) is 0 Å². The molecule has 0 aliphatic heterocycles. The molecule has 4 heteroatoms. The molecule has 0 radical (unpaired) electrons. The van der Waals surface area contributed by atoms with Gasteiger partial charge in [0.2, 0.25) is 0 Å². The highest BCUT2D eigenvalue weighted by molar-refractivity contribution is 6.31. The van der Waals surface area contributed by atoms with Crippen molar-refractivity contribution in [1.82, 2.24) is 0 Å². The van der Waals surface area contributed by atoms with Crippen molar-refractivity contribution in [2.24, 2.45) is 11.8 Å². The van der Waals surface area contributed by atoms with Gasteiger partial charge in [0.15, 0.2) is 0 Å². The first kappa shape index (κ1) is 11.5. The Morgan fingerprint density at radius 3 is 2.88 bits per heavy atom. The molecule has 88 valence electrons. The highest BCUT2D eigenvalue weighted by Gasteiger charge is 2.27. The molecule has 1 aliphatic rings. The molecule has 1 aromatic rings. The van der Waals surface area contributed by atoms with Crippen LogP contribution in [-0.2, 0) is 0 Å². The minimum Gasteiger partial charge on any atom is -0.397 e. The second-order valence-corrected chi connectivity index (χ2v) is 4.96. The zero-order chi connectivity index (χ0) is 11.7. The molecular weight excluding hydrogens is 227 g/mol. The third kappa shape index (κ3) is 2.59. The maximum atomic E-state index is 13.2. The first-order valence-corrected chi connectivity index (χ1v) is 5.94. The molecule has 3 N–H and O–H groups in total. The van der Waals surface area contributed by atoms with Gasteiger partial charge in [-0.3, -0.25) is 0 Å². The fraction of sp³-hybridized carbons (Fsp3) is 0.500. The minimum absolute atomic E-state index is 0.0679. The van der Waals surface area contributed by atoms with E-state index in [1.54, 1.807) is 0 Å². The summed E-state index contributed by atoms with van der Waals surface area (Å²) < 4.78 is 13.2. The molecule has 2 nitrogen and oxygen atoms in total. The van der Waals surface area contributed by atoms with Crippen molar-refractivity contribution in [1.29, 1.82) is 0 Å². The van der Waals surface area contributed by atoms with Gasteiger partial charge in [-0.25, -0.2) is 4.39 Å². The van der Waals surface area contributed by atoms with Gasteiger partial charge >= 0.3 is 0 Å². The zero-order valence-corrected chi connectivity index (χ0v) is 10.0. The Morgan fingerprint density at radius 1 is 1.56 bits per heavy atom. The van der Waals surface area contributed by atoms with E-state index in [2.05, 4.69) is 12.2 Å². The van der Waals surface area contributed by atoms with Crippen LogP contribution in [0.4, 0.5) is 15.8 Å². The van der Waals surface area contributed by atoms with Gasteiger partial charge in [-0.05, 0) is 30.7 Å². The molecule has 1 atom stereocenters. The number of benzene rings is 1. The molecule has 16 heavy (non-hydrogen) atoms. The standard InChI is InChI=1S/C12H16ClFN2/c1-7(8-2-3-8)6-16-12-5-10(14)9(13)4-11(12)15/h4-5,7-8,16H,2-3,6,15H2,1H3. The van der Waals surface area contributed by atoms with E-state index in [0.717, 1.165) is 12.5 Å². The minimum atomic E-state index is -0.433. The largest absolute Gasteiger partial charge is 0.397 e. The van der Waals surface area contributed by atoms with Crippen molar-refractivity contribution >= 4 is 23.0 Å². The number of rotatable bonds is 4. The van der Waals surface area contributed by atoms with Crippen LogP contribution < -0.4 is 11.1 Å². The molecule has 1 aromatic carbocycles. The Kier molecular flexibility index (Phi) is 3.24. The fourth-order valence-corrected chi connectivity index (χ4v) is 1.99. The summed E-state index contributed by atoms with van der Waals surface area (Å²) in [5.74, 6) is 1.00. The highest BCUT2D eigenvalue weighted by Crippen LogP contribution is 2.37. The van der Waals surface area contributed by atoms with E-state index in [9.17, 15) is 4.39 Å². The molecule has 1 unspecified atom stereocenters. The molecule has 0 bridgehead atoms. The van der Waals surface area contributed by atoms with Crippen molar-refractivity contribution in [3.8, 4) is 0 Å². The topological polar surface area (TPSA) is 38.0 Å². The van der Waals surface area contributed by atoms with Gasteiger partial charge in [-0.2, -0.15) is 0 Å². The molecule has 1 aliphatic carbocycles. The Morgan fingerprint density at radius 2 is 2.25 bits per heavy atom. The summed E-state index contributed by atoms with van der Waals surface area (Å²) in [6, 6.07) is 2.80. The number of hydrogen-bond donors (Lipinski definition) is 2. The predicted molar refractivity (Wildman–Crippen MR) is 66.2 cm³/mol. The Bertz CT molecular complexity index is 391. The first-order chi connectivity index (χ1) is 7.58. The summed E-state index contributed by atoms with van der Waals surface area (Å²) in [6.45, 7) is 3.03. The molecule has 0 saturated heterocycles. The summed E-state index contributed by atoms with van der Waals surface area (Å²) in [7, 11) is 0. The molecule has 0 amide bonds. The predicted octanol–water partition coefficient (Wildman–Crippen LogP) is 3.52. The number of nitrogens with two attached hydrogens (primary N) is 1. The lowest BCUT2D eigenvalue weighted by molar-refractivity contribution is 0.536. The molecule has 0 spiro atoms. The number of nitrogen functional groups attached to an aromatic ring is 1. The van der Waals surface area contributed by atoms with Crippen LogP contribution in [0.15, 0.2) is 12.1 Å². The third-order valence-electron chi connectivity index (χ3n) is 3.13. The third-order valence-corrected chi connectivity index (χ3v) is 3.42. The van der Waals surface area contributed by atoms with E-state index >= 15 is 0 Å². The summed E-state index contributed by atoms with van der Waals surface area (Å²) >= 11 is 5.63. The Balaban J connectivity index is 2.00. The lowest BCUT2D eigenvalue weighted by atomic mass is 10.1. The Hall–Kier alpha value is -0.960. The monoisotopic (exact) mass is 242 g/mol. The summed E-state index contributed by atoms with van der Waals surface area (Å²) in [4.78, 5) is 0. The smallest absolute Gasteiger partial charge is 0.143 e. The molecule has 1 saturated carbocycles. The number of hydrogen-bond acceptors (Lipinski definition) is 2. The van der Waals surface area contributed by atoms with Crippen LogP contribution in [0, 0.1) is 17.7 Å². The second kappa shape index (κ2) is 4.50. The summed E-state index contributed by atoms with van der Waals surface area (Å²) in [5, 5.41) is 3.25. The van der Waals surface area contributed by atoms with Crippen LogP contribution in [0.1, 0.15) is 19.8 Å². The highest BCUT2D eigenvalue weighted by atomic mass is 35.5. The molecular formula is C12H16ClFN2. The van der Waals surface area contributed by atoms with Gasteiger partial charge in [-0.1, -0.05) is 18.5 Å². The fourth-order valence-electron chi connectivity index (χ4n) is 1.82. The summed E-state index contributed by atoms with van der Waals surface area (Å²) in [5.41, 5.74) is 6.88. The average Bonchev–Trinajstić information content (AvgIpc) is 3.04. The second-order valence-electron chi connectivity index (χ2n) is 4.55. The average molecular weight is 243 g/mol. The van der Waals surface area contributed by atoms with Crippen LogP contribution in [0.5, 0.6) is 0 Å². The van der Waals surface area contributed by atoms with Crippen LogP contribution in [0.2, 0.25) is 5.02 Å². The first-order valence-electron chi connectivity index (χ1n) is 5.56. The molecule has 2 rings (SSSR count). The lowest BCUT2D eigenvalue weighted by Crippen LogP contribution is -2.14. The quantitative estimate of drug-likeness (QED) is 0.793. The number of nitrogens with one attached hydrogen (secondary N) is 1. The van der Waals surface area contributed by atoms with E-state index in [0.29, 0.717) is 17.3 Å². The molecule has 0 aromatic heterocycles. The number of anilines is 2. The molecule has 0 heterocycles. The lowest BCUT2D eigenvalue weighted by Gasteiger charge is -2.14. The van der Waals surface area contributed by atoms with Gasteiger partial charge < -0.3 is 11.1 Å². The van der Waals surface area contributed by atoms with Gasteiger partial charge in [0.25, 0.3) is 0 Å².